The van der Waals surface area contributed by atoms with Crippen LogP contribution in [0.4, 0.5) is 0 Å². The Kier molecular flexibility index (Phi) is 5.86. The van der Waals surface area contributed by atoms with Gasteiger partial charge in [-0.3, -0.25) is 4.79 Å². The van der Waals surface area contributed by atoms with Gasteiger partial charge < -0.3 is 4.90 Å². The van der Waals surface area contributed by atoms with E-state index in [-0.39, 0.29) is 29.3 Å². The summed E-state index contributed by atoms with van der Waals surface area (Å²) in [5.41, 5.74) is -0.0726. The monoisotopic (exact) mass is 449 g/mol. The largest absolute Gasteiger partial charge is 0.339 e. The van der Waals surface area contributed by atoms with Crippen LogP contribution in [0.3, 0.4) is 0 Å². The number of piperidine rings is 1. The first-order valence-corrected chi connectivity index (χ1v) is 12.6. The fourth-order valence-corrected chi connectivity index (χ4v) is 7.43. The lowest BCUT2D eigenvalue weighted by molar-refractivity contribution is -0.140. The van der Waals surface area contributed by atoms with Crippen molar-refractivity contribution in [3.05, 3.63) is 28.8 Å². The molecule has 2 heterocycles. The highest BCUT2D eigenvalue weighted by atomic mass is 35.5. The average molecular weight is 450 g/mol. The maximum absolute atomic E-state index is 13.5. The second-order valence-electron chi connectivity index (χ2n) is 8.97. The predicted molar refractivity (Wildman–Crippen MR) is 114 cm³/mol. The number of nitrogens with zero attached hydrogens (tertiary/aromatic N) is 3. The molecule has 3 fully saturated rings. The van der Waals surface area contributed by atoms with Gasteiger partial charge in [-0.15, -0.1) is 0 Å². The Balaban J connectivity index is 1.53. The van der Waals surface area contributed by atoms with E-state index in [0.29, 0.717) is 36.5 Å². The number of rotatable bonds is 3. The van der Waals surface area contributed by atoms with Crippen LogP contribution in [0.1, 0.15) is 50.5 Å². The molecule has 1 aromatic rings. The summed E-state index contributed by atoms with van der Waals surface area (Å²) in [5.74, 6) is 0.204. The van der Waals surface area contributed by atoms with Crippen molar-refractivity contribution in [2.45, 2.75) is 62.8 Å². The van der Waals surface area contributed by atoms with Crippen LogP contribution < -0.4 is 0 Å². The van der Waals surface area contributed by atoms with Gasteiger partial charge in [-0.1, -0.05) is 17.7 Å². The first-order valence-electron chi connectivity index (χ1n) is 10.7. The van der Waals surface area contributed by atoms with Gasteiger partial charge in [-0.05, 0) is 69.6 Å². The topological polar surface area (TPSA) is 81.5 Å². The summed E-state index contributed by atoms with van der Waals surface area (Å²) in [7, 11) is -3.71. The molecule has 1 aromatic carbocycles. The van der Waals surface area contributed by atoms with Crippen LogP contribution >= 0.6 is 11.6 Å². The van der Waals surface area contributed by atoms with E-state index in [1.165, 1.54) is 4.31 Å². The fourth-order valence-electron chi connectivity index (χ4n) is 5.39. The van der Waals surface area contributed by atoms with E-state index in [2.05, 4.69) is 6.07 Å². The number of carbonyl (C=O) groups excluding carboxylic acids is 1. The van der Waals surface area contributed by atoms with Crippen molar-refractivity contribution in [3.63, 3.8) is 0 Å². The van der Waals surface area contributed by atoms with Gasteiger partial charge in [0, 0.05) is 36.6 Å². The Labute approximate surface area is 183 Å². The maximum atomic E-state index is 13.5. The minimum atomic E-state index is -3.71. The van der Waals surface area contributed by atoms with Crippen LogP contribution in [-0.2, 0) is 14.8 Å². The number of amides is 1. The number of likely N-dealkylation sites (tertiary alicyclic amines) is 1. The van der Waals surface area contributed by atoms with Gasteiger partial charge >= 0.3 is 0 Å². The molecule has 1 saturated carbocycles. The third kappa shape index (κ3) is 3.63. The minimum Gasteiger partial charge on any atom is -0.339 e. The van der Waals surface area contributed by atoms with Gasteiger partial charge in [-0.2, -0.15) is 9.57 Å². The Morgan fingerprint density at radius 2 is 1.90 bits per heavy atom. The van der Waals surface area contributed by atoms with Crippen LogP contribution in [0.2, 0.25) is 5.02 Å². The number of hydrogen-bond donors (Lipinski definition) is 0. The molecule has 30 heavy (non-hydrogen) atoms. The molecular formula is C22H28ClN3O3S. The SMILES string of the molecule is Cc1c(Cl)cccc1S(=O)(=O)N1CCCC2(CCN([C@H]3CC[C@H](C#N)CC3)C2=O)C1. The second kappa shape index (κ2) is 8.14. The Hall–Kier alpha value is -1.62. The molecule has 2 aliphatic heterocycles. The van der Waals surface area contributed by atoms with E-state index in [1.54, 1.807) is 25.1 Å². The fraction of sp³-hybridized carbons (Fsp3) is 0.636. The van der Waals surface area contributed by atoms with E-state index in [0.717, 1.165) is 32.1 Å². The van der Waals surface area contributed by atoms with Crippen molar-refractivity contribution in [2.24, 2.45) is 11.3 Å². The first kappa shape index (κ1) is 21.6. The molecule has 6 nitrogen and oxygen atoms in total. The number of halogens is 1. The van der Waals surface area contributed by atoms with Crippen molar-refractivity contribution in [3.8, 4) is 6.07 Å². The number of sulfonamides is 1. The van der Waals surface area contributed by atoms with Gasteiger partial charge in [0.1, 0.15) is 0 Å². The highest BCUT2D eigenvalue weighted by Crippen LogP contribution is 2.44. The molecule has 0 radical (unpaired) electrons. The van der Waals surface area contributed by atoms with Crippen molar-refractivity contribution in [1.29, 1.82) is 5.26 Å². The molecule has 1 amide bonds. The maximum Gasteiger partial charge on any atom is 0.243 e. The number of benzene rings is 1. The standard InChI is InChI=1S/C22H28ClN3O3S/c1-16-19(23)4-2-5-20(16)30(28,29)25-12-3-10-22(15-25)11-13-26(21(22)27)18-8-6-17(14-24)7-9-18/h2,4-5,17-18H,3,6-13,15H2,1H3/t17-,18-,22?. The molecule has 8 heteroatoms. The normalized spacial score (nSPS) is 30.6. The highest BCUT2D eigenvalue weighted by Gasteiger charge is 2.52. The van der Waals surface area contributed by atoms with Gasteiger partial charge in [0.05, 0.1) is 16.4 Å². The van der Waals surface area contributed by atoms with Gasteiger partial charge in [-0.25, -0.2) is 8.42 Å². The molecule has 3 aliphatic rings. The average Bonchev–Trinajstić information content (AvgIpc) is 3.05. The molecule has 1 unspecified atom stereocenters. The van der Waals surface area contributed by atoms with E-state index < -0.39 is 15.4 Å². The molecule has 1 aliphatic carbocycles. The molecule has 4 rings (SSSR count). The van der Waals surface area contributed by atoms with Crippen LogP contribution in [0.25, 0.3) is 0 Å². The zero-order valence-electron chi connectivity index (χ0n) is 17.3. The minimum absolute atomic E-state index is 0.101. The predicted octanol–water partition coefficient (Wildman–Crippen LogP) is 3.73. The van der Waals surface area contributed by atoms with E-state index in [4.69, 9.17) is 16.9 Å². The van der Waals surface area contributed by atoms with Crippen LogP contribution in [0, 0.1) is 29.6 Å². The molecule has 1 spiro atoms. The number of carbonyl (C=O) groups is 1. The third-order valence-electron chi connectivity index (χ3n) is 7.24. The number of hydrogen-bond acceptors (Lipinski definition) is 4. The second-order valence-corrected chi connectivity index (χ2v) is 11.3. The van der Waals surface area contributed by atoms with Crippen LogP contribution in [0.5, 0.6) is 0 Å². The molecule has 0 bridgehead atoms. The molecule has 162 valence electrons. The van der Waals surface area contributed by atoms with Crippen LogP contribution in [0.15, 0.2) is 23.1 Å². The Morgan fingerprint density at radius 1 is 1.17 bits per heavy atom. The highest BCUT2D eigenvalue weighted by molar-refractivity contribution is 7.89. The quantitative estimate of drug-likeness (QED) is 0.703. The van der Waals surface area contributed by atoms with Gasteiger partial charge in [0.15, 0.2) is 0 Å². The summed E-state index contributed by atoms with van der Waals surface area (Å²) in [6.45, 7) is 3.07. The lowest BCUT2D eigenvalue weighted by atomic mass is 9.79. The summed E-state index contributed by atoms with van der Waals surface area (Å²) < 4.78 is 28.2. The zero-order valence-corrected chi connectivity index (χ0v) is 18.9. The Morgan fingerprint density at radius 3 is 2.60 bits per heavy atom. The van der Waals surface area contributed by atoms with Crippen molar-refractivity contribution in [1.82, 2.24) is 9.21 Å². The summed E-state index contributed by atoms with van der Waals surface area (Å²) in [6, 6.07) is 7.46. The van der Waals surface area contributed by atoms with Crippen molar-refractivity contribution < 1.29 is 13.2 Å². The summed E-state index contributed by atoms with van der Waals surface area (Å²) in [4.78, 5) is 15.7. The zero-order chi connectivity index (χ0) is 21.5. The Bertz CT molecular complexity index is 982. The molecule has 0 aromatic heterocycles. The van der Waals surface area contributed by atoms with E-state index >= 15 is 0 Å². The summed E-state index contributed by atoms with van der Waals surface area (Å²) >= 11 is 6.16. The third-order valence-corrected chi connectivity index (χ3v) is 9.64. The first-order chi connectivity index (χ1) is 14.3. The smallest absolute Gasteiger partial charge is 0.243 e. The molecule has 0 N–H and O–H groups in total. The van der Waals surface area contributed by atoms with Crippen molar-refractivity contribution in [2.75, 3.05) is 19.6 Å². The van der Waals surface area contributed by atoms with Gasteiger partial charge in [0.25, 0.3) is 0 Å². The van der Waals surface area contributed by atoms with Gasteiger partial charge in [0.2, 0.25) is 15.9 Å². The van der Waals surface area contributed by atoms with Crippen molar-refractivity contribution >= 4 is 27.5 Å². The summed E-state index contributed by atoms with van der Waals surface area (Å²) in [6.07, 6.45) is 5.52. The van der Waals surface area contributed by atoms with E-state index in [9.17, 15) is 13.2 Å². The molecule has 2 saturated heterocycles. The molecular weight excluding hydrogens is 422 g/mol. The van der Waals surface area contributed by atoms with Crippen LogP contribution in [-0.4, -0.2) is 49.2 Å². The summed E-state index contributed by atoms with van der Waals surface area (Å²) in [5, 5.41) is 9.56. The molecule has 1 atom stereocenters. The lowest BCUT2D eigenvalue weighted by Crippen LogP contribution is -2.51. The lowest BCUT2D eigenvalue weighted by Gasteiger charge is -2.40. The number of nitriles is 1. The van der Waals surface area contributed by atoms with E-state index in [1.807, 2.05) is 4.90 Å².